The predicted molar refractivity (Wildman–Crippen MR) is 81.0 cm³/mol. The minimum absolute atomic E-state index is 0.257. The second-order valence-corrected chi connectivity index (χ2v) is 5.84. The van der Waals surface area contributed by atoms with Gasteiger partial charge in [0.15, 0.2) is 4.96 Å². The van der Waals surface area contributed by atoms with Crippen molar-refractivity contribution < 1.29 is 0 Å². The molecule has 1 atom stereocenters. The van der Waals surface area contributed by atoms with Gasteiger partial charge in [-0.25, -0.2) is 9.97 Å². The molecule has 0 amide bonds. The summed E-state index contributed by atoms with van der Waals surface area (Å²) in [6.07, 6.45) is 9.95. The molecule has 3 heterocycles. The van der Waals surface area contributed by atoms with Crippen molar-refractivity contribution >= 4 is 16.3 Å². The quantitative estimate of drug-likeness (QED) is 0.758. The zero-order valence-corrected chi connectivity index (χ0v) is 12.6. The summed E-state index contributed by atoms with van der Waals surface area (Å²) in [5.74, 6) is 0. The van der Waals surface area contributed by atoms with Gasteiger partial charge >= 0.3 is 0 Å². The lowest BCUT2D eigenvalue weighted by molar-refractivity contribution is 0.500. The lowest BCUT2D eigenvalue weighted by Gasteiger charge is -2.17. The Hall–Kier alpha value is -1.66. The van der Waals surface area contributed by atoms with Crippen molar-refractivity contribution in [1.29, 1.82) is 0 Å². The minimum Gasteiger partial charge on any atom is -0.336 e. The normalized spacial score (nSPS) is 13.1. The number of rotatable bonds is 6. The fraction of sp³-hybridized carbons (Fsp3) is 0.429. The van der Waals surface area contributed by atoms with Crippen LogP contribution in [-0.2, 0) is 13.5 Å². The second kappa shape index (κ2) is 5.76. The van der Waals surface area contributed by atoms with E-state index in [0.717, 1.165) is 30.0 Å². The van der Waals surface area contributed by atoms with Gasteiger partial charge in [-0.05, 0) is 13.0 Å². The first-order chi connectivity index (χ1) is 9.78. The van der Waals surface area contributed by atoms with Gasteiger partial charge in [0.05, 0.1) is 23.8 Å². The number of hydrogen-bond acceptors (Lipinski definition) is 4. The number of imidazole rings is 2. The number of thiazole rings is 1. The van der Waals surface area contributed by atoms with Gasteiger partial charge in [-0.2, -0.15) is 0 Å². The highest BCUT2D eigenvalue weighted by Crippen LogP contribution is 2.19. The maximum absolute atomic E-state index is 4.67. The summed E-state index contributed by atoms with van der Waals surface area (Å²) < 4.78 is 4.16. The van der Waals surface area contributed by atoms with Crippen LogP contribution in [0.1, 0.15) is 30.8 Å². The van der Waals surface area contributed by atoms with E-state index in [9.17, 15) is 0 Å². The molecule has 1 unspecified atom stereocenters. The van der Waals surface area contributed by atoms with Crippen LogP contribution in [0.4, 0.5) is 0 Å². The molecule has 0 aromatic carbocycles. The lowest BCUT2D eigenvalue weighted by Crippen LogP contribution is -2.26. The van der Waals surface area contributed by atoms with Gasteiger partial charge in [0.1, 0.15) is 0 Å². The van der Waals surface area contributed by atoms with Gasteiger partial charge in [0.25, 0.3) is 0 Å². The molecule has 3 aromatic heterocycles. The summed E-state index contributed by atoms with van der Waals surface area (Å²) in [5.41, 5.74) is 2.32. The third kappa shape index (κ3) is 2.62. The summed E-state index contributed by atoms with van der Waals surface area (Å²) in [6, 6.07) is 0.257. The number of nitrogens with zero attached hydrogens (tertiary/aromatic N) is 4. The number of hydrogen-bond donors (Lipinski definition) is 1. The van der Waals surface area contributed by atoms with E-state index in [4.69, 9.17) is 0 Å². The topological polar surface area (TPSA) is 47.1 Å². The standard InChI is InChI=1S/C14H19N5S/c1-3-4-16-12(13-8-15-10-18(13)2)7-11-9-19-5-6-20-14(19)17-11/h5-6,8-10,12,16H,3-4,7H2,1-2H3. The van der Waals surface area contributed by atoms with Crippen LogP contribution in [-0.4, -0.2) is 25.5 Å². The van der Waals surface area contributed by atoms with Crippen LogP contribution >= 0.6 is 11.3 Å². The van der Waals surface area contributed by atoms with Crippen LogP contribution in [0.3, 0.4) is 0 Å². The lowest BCUT2D eigenvalue weighted by atomic mass is 10.1. The smallest absolute Gasteiger partial charge is 0.193 e. The van der Waals surface area contributed by atoms with E-state index in [0.29, 0.717) is 0 Å². The maximum Gasteiger partial charge on any atom is 0.193 e. The Morgan fingerprint density at radius 3 is 3.05 bits per heavy atom. The molecule has 0 aliphatic heterocycles. The van der Waals surface area contributed by atoms with Crippen molar-refractivity contribution in [3.8, 4) is 0 Å². The van der Waals surface area contributed by atoms with Gasteiger partial charge in [-0.3, -0.25) is 4.40 Å². The molecular formula is C14H19N5S. The van der Waals surface area contributed by atoms with E-state index >= 15 is 0 Å². The highest BCUT2D eigenvalue weighted by Gasteiger charge is 2.16. The highest BCUT2D eigenvalue weighted by molar-refractivity contribution is 7.15. The Labute approximate surface area is 122 Å². The van der Waals surface area contributed by atoms with E-state index in [2.05, 4.69) is 49.0 Å². The molecular weight excluding hydrogens is 270 g/mol. The average Bonchev–Trinajstić information content (AvgIpc) is 3.10. The fourth-order valence-corrected chi connectivity index (χ4v) is 3.11. The molecule has 106 valence electrons. The van der Waals surface area contributed by atoms with Crippen LogP contribution in [0, 0.1) is 0 Å². The molecule has 3 rings (SSSR count). The van der Waals surface area contributed by atoms with Crippen molar-refractivity contribution in [2.24, 2.45) is 7.05 Å². The minimum atomic E-state index is 0.257. The summed E-state index contributed by atoms with van der Waals surface area (Å²) in [4.78, 5) is 9.95. The van der Waals surface area contributed by atoms with Gasteiger partial charge in [-0.1, -0.05) is 6.92 Å². The Balaban J connectivity index is 1.82. The molecule has 6 heteroatoms. The number of aryl methyl sites for hydroxylation is 1. The summed E-state index contributed by atoms with van der Waals surface area (Å²) in [7, 11) is 2.04. The van der Waals surface area contributed by atoms with Crippen molar-refractivity contribution in [3.63, 3.8) is 0 Å². The molecule has 5 nitrogen and oxygen atoms in total. The maximum atomic E-state index is 4.67. The van der Waals surface area contributed by atoms with Crippen molar-refractivity contribution in [2.75, 3.05) is 6.54 Å². The van der Waals surface area contributed by atoms with Crippen LogP contribution < -0.4 is 5.32 Å². The van der Waals surface area contributed by atoms with E-state index < -0.39 is 0 Å². The van der Waals surface area contributed by atoms with Crippen LogP contribution in [0.5, 0.6) is 0 Å². The van der Waals surface area contributed by atoms with Crippen molar-refractivity contribution in [2.45, 2.75) is 25.8 Å². The van der Waals surface area contributed by atoms with Crippen LogP contribution in [0.25, 0.3) is 4.96 Å². The first-order valence-electron chi connectivity index (χ1n) is 6.88. The van der Waals surface area contributed by atoms with E-state index in [-0.39, 0.29) is 6.04 Å². The predicted octanol–water partition coefficient (Wildman–Crippen LogP) is 2.41. The van der Waals surface area contributed by atoms with E-state index in [1.807, 2.05) is 19.6 Å². The molecule has 0 aliphatic carbocycles. The van der Waals surface area contributed by atoms with Crippen molar-refractivity contribution in [1.82, 2.24) is 24.3 Å². The van der Waals surface area contributed by atoms with Crippen molar-refractivity contribution in [3.05, 3.63) is 41.7 Å². The monoisotopic (exact) mass is 289 g/mol. The highest BCUT2D eigenvalue weighted by atomic mass is 32.1. The largest absolute Gasteiger partial charge is 0.336 e. The molecule has 0 saturated carbocycles. The SMILES string of the molecule is CCCNC(Cc1cn2ccsc2n1)c1cncn1C. The average molecular weight is 289 g/mol. The summed E-state index contributed by atoms with van der Waals surface area (Å²) in [6.45, 7) is 3.18. The Morgan fingerprint density at radius 2 is 2.35 bits per heavy atom. The molecule has 0 bridgehead atoms. The molecule has 0 aliphatic rings. The Kier molecular flexibility index (Phi) is 3.84. The zero-order chi connectivity index (χ0) is 13.9. The van der Waals surface area contributed by atoms with Gasteiger partial charge < -0.3 is 9.88 Å². The molecule has 20 heavy (non-hydrogen) atoms. The molecule has 1 N–H and O–H groups in total. The van der Waals surface area contributed by atoms with E-state index in [1.165, 1.54) is 5.69 Å². The fourth-order valence-electron chi connectivity index (χ4n) is 2.39. The first kappa shape index (κ1) is 13.3. The van der Waals surface area contributed by atoms with Crippen LogP contribution in [0.15, 0.2) is 30.3 Å². The van der Waals surface area contributed by atoms with Gasteiger partial charge in [-0.15, -0.1) is 11.3 Å². The van der Waals surface area contributed by atoms with Gasteiger partial charge in [0.2, 0.25) is 0 Å². The summed E-state index contributed by atoms with van der Waals surface area (Å²) in [5, 5.41) is 5.65. The third-order valence-corrected chi connectivity index (χ3v) is 4.18. The summed E-state index contributed by atoms with van der Waals surface area (Å²) >= 11 is 1.67. The number of nitrogens with one attached hydrogen (secondary N) is 1. The van der Waals surface area contributed by atoms with Gasteiger partial charge in [0, 0.05) is 37.4 Å². The molecule has 0 spiro atoms. The van der Waals surface area contributed by atoms with Crippen LogP contribution in [0.2, 0.25) is 0 Å². The number of fused-ring (bicyclic) bond motifs is 1. The molecule has 0 fully saturated rings. The molecule has 0 saturated heterocycles. The second-order valence-electron chi connectivity index (χ2n) is 4.97. The Bertz CT molecular complexity index is 652. The Morgan fingerprint density at radius 1 is 1.45 bits per heavy atom. The molecule has 3 aromatic rings. The first-order valence-corrected chi connectivity index (χ1v) is 7.76. The third-order valence-electron chi connectivity index (χ3n) is 3.41. The molecule has 0 radical (unpaired) electrons. The number of aromatic nitrogens is 4. The zero-order valence-electron chi connectivity index (χ0n) is 11.8. The van der Waals surface area contributed by atoms with E-state index in [1.54, 1.807) is 11.3 Å².